The molecule has 26 heavy (non-hydrogen) atoms. The molecule has 2 aromatic carbocycles. The van der Waals surface area contributed by atoms with Crippen LogP contribution in [0, 0.1) is 0 Å². The van der Waals surface area contributed by atoms with E-state index in [0.717, 1.165) is 16.9 Å². The topological polar surface area (TPSA) is 83.6 Å². The van der Waals surface area contributed by atoms with Crippen molar-refractivity contribution in [3.05, 3.63) is 65.2 Å². The average molecular weight is 372 g/mol. The number of aryl methyl sites for hydroxylation is 1. The maximum atomic E-state index is 12.6. The maximum Gasteiger partial charge on any atom is 0.261 e. The van der Waals surface area contributed by atoms with Crippen LogP contribution >= 0.6 is 0 Å². The molecule has 1 aliphatic heterocycles. The molecule has 6 nitrogen and oxygen atoms in total. The zero-order valence-corrected chi connectivity index (χ0v) is 15.4. The van der Waals surface area contributed by atoms with Crippen molar-refractivity contribution < 1.29 is 18.0 Å². The van der Waals surface area contributed by atoms with Gasteiger partial charge in [0.05, 0.1) is 16.0 Å². The standard InChI is InChI=1S/C19H20N2O4S/c1-13(8-9-14-6-4-3-5-7-14)20-26(24,25)15-10-11-16-17(12-15)19(23)21(2)18(16)22/h3-7,10-13,20H,8-9H2,1-2H3. The molecule has 1 unspecified atom stereocenters. The van der Waals surface area contributed by atoms with Gasteiger partial charge >= 0.3 is 0 Å². The summed E-state index contributed by atoms with van der Waals surface area (Å²) in [6, 6.07) is 13.6. The summed E-state index contributed by atoms with van der Waals surface area (Å²) >= 11 is 0. The molecule has 0 saturated heterocycles. The lowest BCUT2D eigenvalue weighted by Gasteiger charge is -2.14. The lowest BCUT2D eigenvalue weighted by atomic mass is 10.1. The van der Waals surface area contributed by atoms with Gasteiger partial charge in [-0.3, -0.25) is 14.5 Å². The van der Waals surface area contributed by atoms with Crippen LogP contribution in [0.5, 0.6) is 0 Å². The molecule has 1 N–H and O–H groups in total. The largest absolute Gasteiger partial charge is 0.277 e. The fourth-order valence-electron chi connectivity index (χ4n) is 2.93. The number of fused-ring (bicyclic) bond motifs is 1. The van der Waals surface area contributed by atoms with Crippen LogP contribution in [-0.4, -0.2) is 38.2 Å². The summed E-state index contributed by atoms with van der Waals surface area (Å²) < 4.78 is 27.8. The highest BCUT2D eigenvalue weighted by atomic mass is 32.2. The lowest BCUT2D eigenvalue weighted by molar-refractivity contribution is 0.0693. The summed E-state index contributed by atoms with van der Waals surface area (Å²) in [4.78, 5) is 24.9. The third kappa shape index (κ3) is 3.54. The van der Waals surface area contributed by atoms with E-state index >= 15 is 0 Å². The Morgan fingerprint density at radius 2 is 1.65 bits per heavy atom. The Bertz CT molecular complexity index is 955. The van der Waals surface area contributed by atoms with Gasteiger partial charge < -0.3 is 0 Å². The molecule has 0 spiro atoms. The third-order valence-corrected chi connectivity index (χ3v) is 6.02. The number of carbonyl (C=O) groups excluding carboxylic acids is 2. The average Bonchev–Trinajstić information content (AvgIpc) is 2.84. The Kier molecular flexibility index (Phi) is 4.93. The first-order valence-corrected chi connectivity index (χ1v) is 9.80. The third-order valence-electron chi connectivity index (χ3n) is 4.44. The van der Waals surface area contributed by atoms with Crippen LogP contribution < -0.4 is 4.72 Å². The van der Waals surface area contributed by atoms with Gasteiger partial charge in [0.2, 0.25) is 10.0 Å². The van der Waals surface area contributed by atoms with Gasteiger partial charge in [-0.25, -0.2) is 13.1 Å². The predicted molar refractivity (Wildman–Crippen MR) is 97.4 cm³/mol. The van der Waals surface area contributed by atoms with Crippen molar-refractivity contribution in [3.8, 4) is 0 Å². The SMILES string of the molecule is CC(CCc1ccccc1)NS(=O)(=O)c1ccc2c(c1)C(=O)N(C)C2=O. The summed E-state index contributed by atoms with van der Waals surface area (Å²) in [5.41, 5.74) is 1.49. The molecule has 3 rings (SSSR count). The lowest BCUT2D eigenvalue weighted by Crippen LogP contribution is -2.33. The van der Waals surface area contributed by atoms with Gasteiger partial charge in [-0.1, -0.05) is 30.3 Å². The number of sulfonamides is 1. The van der Waals surface area contributed by atoms with Gasteiger partial charge in [0.1, 0.15) is 0 Å². The Balaban J connectivity index is 1.73. The highest BCUT2D eigenvalue weighted by molar-refractivity contribution is 7.89. The molecular weight excluding hydrogens is 352 g/mol. The molecule has 1 heterocycles. The molecule has 0 radical (unpaired) electrons. The molecule has 7 heteroatoms. The second-order valence-corrected chi connectivity index (χ2v) is 8.14. The van der Waals surface area contributed by atoms with E-state index in [1.807, 2.05) is 30.3 Å². The van der Waals surface area contributed by atoms with Crippen molar-refractivity contribution in [2.45, 2.75) is 30.7 Å². The molecule has 0 saturated carbocycles. The van der Waals surface area contributed by atoms with Crippen LogP contribution in [0.25, 0.3) is 0 Å². The van der Waals surface area contributed by atoms with Crippen LogP contribution in [0.4, 0.5) is 0 Å². The van der Waals surface area contributed by atoms with Crippen LogP contribution in [-0.2, 0) is 16.4 Å². The van der Waals surface area contributed by atoms with Crippen molar-refractivity contribution in [2.75, 3.05) is 7.05 Å². The smallest absolute Gasteiger partial charge is 0.261 e. The normalized spacial score (nSPS) is 15.2. The summed E-state index contributed by atoms with van der Waals surface area (Å²) in [5, 5.41) is 0. The highest BCUT2D eigenvalue weighted by Gasteiger charge is 2.34. The number of imide groups is 1. The van der Waals surface area contributed by atoms with E-state index in [-0.39, 0.29) is 22.1 Å². The van der Waals surface area contributed by atoms with Crippen molar-refractivity contribution in [1.29, 1.82) is 0 Å². The Morgan fingerprint density at radius 1 is 1.00 bits per heavy atom. The zero-order valence-electron chi connectivity index (χ0n) is 14.6. The Labute approximate surface area is 152 Å². The molecule has 0 aliphatic carbocycles. The molecule has 2 amide bonds. The number of hydrogen-bond donors (Lipinski definition) is 1. The van der Waals surface area contributed by atoms with E-state index in [1.165, 1.54) is 25.2 Å². The van der Waals surface area contributed by atoms with Gasteiger partial charge in [0.15, 0.2) is 0 Å². The molecule has 2 aromatic rings. The van der Waals surface area contributed by atoms with Crippen molar-refractivity contribution in [1.82, 2.24) is 9.62 Å². The van der Waals surface area contributed by atoms with Crippen LogP contribution in [0.3, 0.4) is 0 Å². The number of nitrogens with one attached hydrogen (secondary N) is 1. The Hall–Kier alpha value is -2.51. The number of carbonyl (C=O) groups is 2. The van der Waals surface area contributed by atoms with Crippen molar-refractivity contribution in [2.24, 2.45) is 0 Å². The number of amides is 2. The minimum absolute atomic E-state index is 0.0146. The van der Waals surface area contributed by atoms with Gasteiger partial charge in [0.25, 0.3) is 11.8 Å². The quantitative estimate of drug-likeness (QED) is 0.788. The summed E-state index contributed by atoms with van der Waals surface area (Å²) in [7, 11) is -2.40. The number of benzene rings is 2. The number of rotatable bonds is 6. The van der Waals surface area contributed by atoms with Crippen molar-refractivity contribution >= 4 is 21.8 Å². The van der Waals surface area contributed by atoms with E-state index in [4.69, 9.17) is 0 Å². The summed E-state index contributed by atoms with van der Waals surface area (Å²) in [6.07, 6.45) is 1.40. The minimum Gasteiger partial charge on any atom is -0.277 e. The van der Waals surface area contributed by atoms with E-state index in [9.17, 15) is 18.0 Å². The van der Waals surface area contributed by atoms with Crippen LogP contribution in [0.15, 0.2) is 53.4 Å². The molecule has 136 valence electrons. The van der Waals surface area contributed by atoms with Gasteiger partial charge in [0, 0.05) is 13.1 Å². The Morgan fingerprint density at radius 3 is 2.35 bits per heavy atom. The second-order valence-electron chi connectivity index (χ2n) is 6.42. The monoisotopic (exact) mass is 372 g/mol. The predicted octanol–water partition coefficient (Wildman–Crippen LogP) is 2.21. The van der Waals surface area contributed by atoms with E-state index in [1.54, 1.807) is 6.92 Å². The number of nitrogens with zero attached hydrogens (tertiary/aromatic N) is 1. The summed E-state index contributed by atoms with van der Waals surface area (Å²) in [6.45, 7) is 1.80. The molecule has 1 atom stereocenters. The van der Waals surface area contributed by atoms with Crippen LogP contribution in [0.1, 0.15) is 39.6 Å². The van der Waals surface area contributed by atoms with Crippen LogP contribution in [0.2, 0.25) is 0 Å². The maximum absolute atomic E-state index is 12.6. The molecule has 0 aromatic heterocycles. The van der Waals surface area contributed by atoms with E-state index < -0.39 is 21.8 Å². The van der Waals surface area contributed by atoms with Gasteiger partial charge in [-0.2, -0.15) is 0 Å². The van der Waals surface area contributed by atoms with E-state index in [0.29, 0.717) is 6.42 Å². The fourth-order valence-corrected chi connectivity index (χ4v) is 4.23. The molecular formula is C19H20N2O4S. The summed E-state index contributed by atoms with van der Waals surface area (Å²) in [5.74, 6) is -0.905. The highest BCUT2D eigenvalue weighted by Crippen LogP contribution is 2.24. The zero-order chi connectivity index (χ0) is 18.9. The molecule has 1 aliphatic rings. The molecule has 0 fully saturated rings. The minimum atomic E-state index is -3.78. The first kappa shape index (κ1) is 18.3. The van der Waals surface area contributed by atoms with Gasteiger partial charge in [-0.15, -0.1) is 0 Å². The molecule has 0 bridgehead atoms. The fraction of sp³-hybridized carbons (Fsp3) is 0.263. The van der Waals surface area contributed by atoms with E-state index in [2.05, 4.69) is 4.72 Å². The first-order valence-electron chi connectivity index (χ1n) is 8.32. The van der Waals surface area contributed by atoms with Gasteiger partial charge in [-0.05, 0) is 43.5 Å². The second kappa shape index (κ2) is 7.01. The van der Waals surface area contributed by atoms with Crippen molar-refractivity contribution in [3.63, 3.8) is 0 Å². The number of hydrogen-bond acceptors (Lipinski definition) is 4. The first-order chi connectivity index (χ1) is 12.3.